The molecule has 0 aliphatic carbocycles. The monoisotopic (exact) mass is 301 g/mol. The van der Waals surface area contributed by atoms with Crippen LogP contribution < -0.4 is 4.74 Å². The predicted octanol–water partition coefficient (Wildman–Crippen LogP) is 1.93. The molecular weight excluding hydrogens is 286 g/mol. The van der Waals surface area contributed by atoms with Crippen LogP contribution in [0.25, 0.3) is 0 Å². The van der Waals surface area contributed by atoms with Crippen molar-refractivity contribution in [2.75, 3.05) is 33.9 Å². The molecule has 0 aromatic heterocycles. The minimum atomic E-state index is -0.241. The quantitative estimate of drug-likeness (QED) is 0.753. The van der Waals surface area contributed by atoms with Crippen molar-refractivity contribution in [3.8, 4) is 5.75 Å². The van der Waals surface area contributed by atoms with E-state index in [9.17, 15) is 4.79 Å². The minimum Gasteiger partial charge on any atom is -0.492 e. The van der Waals surface area contributed by atoms with Crippen molar-refractivity contribution in [3.63, 3.8) is 0 Å². The topological polar surface area (TPSA) is 38.8 Å². The number of nitrogens with zero attached hydrogens (tertiary/aromatic N) is 1. The standard InChI is InChI=1S/C12H16BrNO3/c1-14(9-12(15)16-2)6-7-17-11-5-3-4-10(13)8-11/h3-5,8H,6-7,9H2,1-2H3. The summed E-state index contributed by atoms with van der Waals surface area (Å²) in [4.78, 5) is 12.8. The summed E-state index contributed by atoms with van der Waals surface area (Å²) in [5.74, 6) is 0.570. The normalized spacial score (nSPS) is 10.4. The van der Waals surface area contributed by atoms with Gasteiger partial charge in [0.1, 0.15) is 12.4 Å². The van der Waals surface area contributed by atoms with Crippen LogP contribution in [0, 0.1) is 0 Å². The average Bonchev–Trinajstić information content (AvgIpc) is 2.29. The van der Waals surface area contributed by atoms with Crippen molar-refractivity contribution in [3.05, 3.63) is 28.7 Å². The van der Waals surface area contributed by atoms with Crippen LogP contribution >= 0.6 is 15.9 Å². The fourth-order valence-corrected chi connectivity index (χ4v) is 1.62. The number of hydrogen-bond donors (Lipinski definition) is 0. The van der Waals surface area contributed by atoms with E-state index in [-0.39, 0.29) is 12.5 Å². The van der Waals surface area contributed by atoms with Gasteiger partial charge in [-0.3, -0.25) is 9.69 Å². The van der Waals surface area contributed by atoms with E-state index in [0.717, 1.165) is 10.2 Å². The van der Waals surface area contributed by atoms with Crippen LogP contribution in [0.1, 0.15) is 0 Å². The lowest BCUT2D eigenvalue weighted by Crippen LogP contribution is -2.30. The van der Waals surface area contributed by atoms with Gasteiger partial charge >= 0.3 is 5.97 Å². The Balaban J connectivity index is 2.25. The maximum Gasteiger partial charge on any atom is 0.319 e. The van der Waals surface area contributed by atoms with Gasteiger partial charge in [-0.05, 0) is 25.2 Å². The van der Waals surface area contributed by atoms with E-state index >= 15 is 0 Å². The second kappa shape index (κ2) is 7.29. The van der Waals surface area contributed by atoms with E-state index < -0.39 is 0 Å². The Morgan fingerprint density at radius 3 is 2.88 bits per heavy atom. The van der Waals surface area contributed by atoms with Crippen LogP contribution in [0.2, 0.25) is 0 Å². The molecule has 0 unspecified atom stereocenters. The Labute approximate surface area is 110 Å². The first-order valence-corrected chi connectivity index (χ1v) is 6.05. The molecule has 0 aliphatic heterocycles. The van der Waals surface area contributed by atoms with Crippen LogP contribution in [0.5, 0.6) is 5.75 Å². The number of carbonyl (C=O) groups is 1. The van der Waals surface area contributed by atoms with Gasteiger partial charge in [-0.25, -0.2) is 0 Å². The molecule has 0 saturated heterocycles. The predicted molar refractivity (Wildman–Crippen MR) is 69.2 cm³/mol. The molecule has 0 aliphatic rings. The van der Waals surface area contributed by atoms with Gasteiger partial charge in [0.05, 0.1) is 13.7 Å². The highest BCUT2D eigenvalue weighted by Crippen LogP contribution is 2.17. The molecule has 5 heteroatoms. The SMILES string of the molecule is COC(=O)CN(C)CCOc1cccc(Br)c1. The number of methoxy groups -OCH3 is 1. The number of benzene rings is 1. The Morgan fingerprint density at radius 2 is 2.24 bits per heavy atom. The van der Waals surface area contributed by atoms with Crippen LogP contribution in [0.4, 0.5) is 0 Å². The Bertz CT molecular complexity index is 371. The van der Waals surface area contributed by atoms with E-state index in [1.165, 1.54) is 7.11 Å². The number of likely N-dealkylation sites (N-methyl/N-ethyl adjacent to an activating group) is 1. The Morgan fingerprint density at radius 1 is 1.47 bits per heavy atom. The van der Waals surface area contributed by atoms with Crippen LogP contribution in [0.15, 0.2) is 28.7 Å². The Hall–Kier alpha value is -1.07. The zero-order chi connectivity index (χ0) is 12.7. The maximum atomic E-state index is 11.0. The van der Waals surface area contributed by atoms with Crippen LogP contribution in [0.3, 0.4) is 0 Å². The number of rotatable bonds is 6. The summed E-state index contributed by atoms with van der Waals surface area (Å²) in [5, 5.41) is 0. The maximum absolute atomic E-state index is 11.0. The molecule has 0 spiro atoms. The van der Waals surface area contributed by atoms with E-state index in [1.54, 1.807) is 0 Å². The highest BCUT2D eigenvalue weighted by Gasteiger charge is 2.05. The van der Waals surface area contributed by atoms with Gasteiger partial charge in [0, 0.05) is 11.0 Å². The zero-order valence-electron chi connectivity index (χ0n) is 9.98. The van der Waals surface area contributed by atoms with E-state index in [1.807, 2.05) is 36.2 Å². The second-order valence-corrected chi connectivity index (χ2v) is 4.54. The molecule has 1 rings (SSSR count). The van der Waals surface area contributed by atoms with Crippen molar-refractivity contribution in [2.45, 2.75) is 0 Å². The van der Waals surface area contributed by atoms with Gasteiger partial charge in [0.25, 0.3) is 0 Å². The van der Waals surface area contributed by atoms with Gasteiger partial charge in [-0.1, -0.05) is 22.0 Å². The lowest BCUT2D eigenvalue weighted by Gasteiger charge is -2.15. The third-order valence-electron chi connectivity index (χ3n) is 2.16. The lowest BCUT2D eigenvalue weighted by molar-refractivity contribution is -0.141. The fourth-order valence-electron chi connectivity index (χ4n) is 1.24. The van der Waals surface area contributed by atoms with E-state index in [4.69, 9.17) is 4.74 Å². The molecule has 0 bridgehead atoms. The number of carbonyl (C=O) groups excluding carboxylic acids is 1. The zero-order valence-corrected chi connectivity index (χ0v) is 11.6. The first-order chi connectivity index (χ1) is 8.11. The van der Waals surface area contributed by atoms with E-state index in [2.05, 4.69) is 20.7 Å². The second-order valence-electron chi connectivity index (χ2n) is 3.62. The summed E-state index contributed by atoms with van der Waals surface area (Å²) in [5.41, 5.74) is 0. The number of hydrogen-bond acceptors (Lipinski definition) is 4. The van der Waals surface area contributed by atoms with Crippen molar-refractivity contribution >= 4 is 21.9 Å². The molecule has 4 nitrogen and oxygen atoms in total. The summed E-state index contributed by atoms with van der Waals surface area (Å²) in [6, 6.07) is 7.65. The number of ether oxygens (including phenoxy) is 2. The third kappa shape index (κ3) is 5.70. The van der Waals surface area contributed by atoms with Gasteiger partial charge < -0.3 is 9.47 Å². The lowest BCUT2D eigenvalue weighted by atomic mass is 10.3. The van der Waals surface area contributed by atoms with Gasteiger partial charge in [-0.2, -0.15) is 0 Å². The molecule has 0 atom stereocenters. The summed E-state index contributed by atoms with van der Waals surface area (Å²) in [7, 11) is 3.23. The highest BCUT2D eigenvalue weighted by molar-refractivity contribution is 9.10. The highest BCUT2D eigenvalue weighted by atomic mass is 79.9. The molecule has 1 aromatic rings. The molecule has 0 heterocycles. The Kier molecular flexibility index (Phi) is 6.00. The average molecular weight is 302 g/mol. The molecule has 0 amide bonds. The van der Waals surface area contributed by atoms with Gasteiger partial charge in [0.15, 0.2) is 0 Å². The molecule has 0 radical (unpaired) electrons. The first kappa shape index (κ1) is 14.0. The van der Waals surface area contributed by atoms with Crippen LogP contribution in [-0.4, -0.2) is 44.7 Å². The van der Waals surface area contributed by atoms with Crippen molar-refractivity contribution in [2.24, 2.45) is 0 Å². The summed E-state index contributed by atoms with van der Waals surface area (Å²) in [6.07, 6.45) is 0. The smallest absolute Gasteiger partial charge is 0.319 e. The minimum absolute atomic E-state index is 0.241. The van der Waals surface area contributed by atoms with Crippen molar-refractivity contribution < 1.29 is 14.3 Å². The van der Waals surface area contributed by atoms with Gasteiger partial charge in [-0.15, -0.1) is 0 Å². The fraction of sp³-hybridized carbons (Fsp3) is 0.417. The molecule has 0 N–H and O–H groups in total. The molecule has 0 saturated carbocycles. The third-order valence-corrected chi connectivity index (χ3v) is 2.66. The molecule has 17 heavy (non-hydrogen) atoms. The number of esters is 1. The van der Waals surface area contributed by atoms with Gasteiger partial charge in [0.2, 0.25) is 0 Å². The number of halogens is 1. The van der Waals surface area contributed by atoms with E-state index in [0.29, 0.717) is 13.2 Å². The molecular formula is C12H16BrNO3. The van der Waals surface area contributed by atoms with Crippen molar-refractivity contribution in [1.82, 2.24) is 4.90 Å². The van der Waals surface area contributed by atoms with Crippen LogP contribution in [-0.2, 0) is 9.53 Å². The summed E-state index contributed by atoms with van der Waals surface area (Å²) in [6.45, 7) is 1.48. The summed E-state index contributed by atoms with van der Waals surface area (Å²) < 4.78 is 11.1. The first-order valence-electron chi connectivity index (χ1n) is 5.25. The largest absolute Gasteiger partial charge is 0.492 e. The summed E-state index contributed by atoms with van der Waals surface area (Å²) >= 11 is 3.37. The molecule has 1 aromatic carbocycles. The molecule has 94 valence electrons. The van der Waals surface area contributed by atoms with Crippen molar-refractivity contribution in [1.29, 1.82) is 0 Å². The molecule has 0 fully saturated rings.